The first-order valence-corrected chi connectivity index (χ1v) is 10.3. The molecule has 32 heavy (non-hydrogen) atoms. The fourth-order valence-electron chi connectivity index (χ4n) is 3.42. The van der Waals surface area contributed by atoms with Crippen LogP contribution in [0.15, 0.2) is 78.8 Å². The third-order valence-electron chi connectivity index (χ3n) is 4.97. The molecule has 2 heterocycles. The minimum atomic E-state index is -0.475. The summed E-state index contributed by atoms with van der Waals surface area (Å²) in [4.78, 5) is 31.7. The number of carbonyl (C=O) groups is 2. The van der Waals surface area contributed by atoms with Crippen molar-refractivity contribution in [3.05, 3.63) is 95.7 Å². The van der Waals surface area contributed by atoms with E-state index in [-0.39, 0.29) is 17.8 Å². The van der Waals surface area contributed by atoms with E-state index >= 15 is 0 Å². The molecule has 2 amide bonds. The molecule has 0 saturated carbocycles. The molecule has 0 radical (unpaired) electrons. The van der Waals surface area contributed by atoms with Crippen LogP contribution in [0.3, 0.4) is 0 Å². The molecule has 1 aliphatic heterocycles. The van der Waals surface area contributed by atoms with Gasteiger partial charge in [0, 0.05) is 18.1 Å². The van der Waals surface area contributed by atoms with Crippen LogP contribution in [-0.2, 0) is 16.1 Å². The normalized spacial score (nSPS) is 13.6. The molecule has 4 rings (SSSR count). The Bertz CT molecular complexity index is 1160. The van der Waals surface area contributed by atoms with E-state index in [2.05, 4.69) is 10.3 Å². The fraction of sp³-hybridized carbons (Fsp3) is 0.160. The average Bonchev–Trinajstić information content (AvgIpc) is 3.03. The van der Waals surface area contributed by atoms with Crippen LogP contribution in [0, 0.1) is 5.82 Å². The molecular weight excluding hydrogens is 409 g/mol. The number of halogens is 1. The maximum absolute atomic E-state index is 13.7. The van der Waals surface area contributed by atoms with Crippen LogP contribution in [0.2, 0.25) is 0 Å². The van der Waals surface area contributed by atoms with Crippen LogP contribution in [0.5, 0.6) is 5.75 Å². The second kappa shape index (κ2) is 9.43. The molecule has 0 atom stereocenters. The first kappa shape index (κ1) is 21.2. The zero-order valence-corrected chi connectivity index (χ0v) is 17.5. The van der Waals surface area contributed by atoms with Gasteiger partial charge in [0.05, 0.1) is 18.7 Å². The minimum absolute atomic E-state index is 0.107. The van der Waals surface area contributed by atoms with Crippen molar-refractivity contribution in [3.8, 4) is 5.75 Å². The standard InChI is InChI=1S/C25H22FN3O3/c1-2-14-32-21-8-6-18(7-9-21)22-23(28-20-5-3-4-19(26)15-20)25(31)29(24(22)30)16-17-10-12-27-13-11-17/h3-13,15,28H,2,14,16H2,1H3. The topological polar surface area (TPSA) is 71.5 Å². The molecule has 6 nitrogen and oxygen atoms in total. The number of amides is 2. The molecule has 0 aliphatic carbocycles. The summed E-state index contributed by atoms with van der Waals surface area (Å²) in [6.45, 7) is 2.71. The summed E-state index contributed by atoms with van der Waals surface area (Å²) < 4.78 is 19.3. The highest BCUT2D eigenvalue weighted by molar-refractivity contribution is 6.36. The highest BCUT2D eigenvalue weighted by Gasteiger charge is 2.39. The molecule has 162 valence electrons. The predicted molar refractivity (Wildman–Crippen MR) is 119 cm³/mol. The van der Waals surface area contributed by atoms with Crippen LogP contribution in [-0.4, -0.2) is 28.3 Å². The summed E-state index contributed by atoms with van der Waals surface area (Å²) in [6, 6.07) is 16.3. The SMILES string of the molecule is CCCOc1ccc(C2=C(Nc3cccc(F)c3)C(=O)N(Cc3ccncc3)C2=O)cc1. The van der Waals surface area contributed by atoms with Gasteiger partial charge in [-0.05, 0) is 60.0 Å². The van der Waals surface area contributed by atoms with Gasteiger partial charge in [-0.2, -0.15) is 0 Å². The van der Waals surface area contributed by atoms with Crippen molar-refractivity contribution in [1.29, 1.82) is 0 Å². The summed E-state index contributed by atoms with van der Waals surface area (Å²) in [5.74, 6) is -0.661. The van der Waals surface area contributed by atoms with Crippen molar-refractivity contribution >= 4 is 23.1 Å². The molecule has 0 saturated heterocycles. The average molecular weight is 431 g/mol. The number of imide groups is 1. The summed E-state index contributed by atoms with van der Waals surface area (Å²) in [6.07, 6.45) is 4.09. The van der Waals surface area contributed by atoms with E-state index in [1.54, 1.807) is 54.9 Å². The van der Waals surface area contributed by atoms with Crippen molar-refractivity contribution < 1.29 is 18.7 Å². The number of aromatic nitrogens is 1. The van der Waals surface area contributed by atoms with E-state index in [0.29, 0.717) is 23.6 Å². The molecular formula is C25H22FN3O3. The number of nitrogens with zero attached hydrogens (tertiary/aromatic N) is 2. The Morgan fingerprint density at radius 1 is 1.00 bits per heavy atom. The largest absolute Gasteiger partial charge is 0.494 e. The van der Waals surface area contributed by atoms with E-state index in [9.17, 15) is 14.0 Å². The number of anilines is 1. The lowest BCUT2D eigenvalue weighted by Crippen LogP contribution is -2.32. The number of benzene rings is 2. The van der Waals surface area contributed by atoms with Crippen LogP contribution >= 0.6 is 0 Å². The quantitative estimate of drug-likeness (QED) is 0.535. The number of carbonyl (C=O) groups excluding carboxylic acids is 2. The summed E-state index contributed by atoms with van der Waals surface area (Å²) in [5.41, 5.74) is 2.07. The van der Waals surface area contributed by atoms with Gasteiger partial charge in [0.2, 0.25) is 0 Å². The Balaban J connectivity index is 1.70. The summed E-state index contributed by atoms with van der Waals surface area (Å²) >= 11 is 0. The Hall–Kier alpha value is -4.00. The lowest BCUT2D eigenvalue weighted by Gasteiger charge is -2.15. The van der Waals surface area contributed by atoms with E-state index in [4.69, 9.17) is 4.74 Å². The molecule has 0 bridgehead atoms. The number of hydrogen-bond acceptors (Lipinski definition) is 5. The second-order valence-electron chi connectivity index (χ2n) is 7.31. The van der Waals surface area contributed by atoms with Gasteiger partial charge in [0.25, 0.3) is 11.8 Å². The molecule has 3 aromatic rings. The van der Waals surface area contributed by atoms with Crippen molar-refractivity contribution in [2.75, 3.05) is 11.9 Å². The summed E-state index contributed by atoms with van der Waals surface area (Å²) in [7, 11) is 0. The van der Waals surface area contributed by atoms with Crippen LogP contribution < -0.4 is 10.1 Å². The number of ether oxygens (including phenoxy) is 1. The lowest BCUT2D eigenvalue weighted by molar-refractivity contribution is -0.137. The Kier molecular flexibility index (Phi) is 6.26. The molecule has 0 spiro atoms. The van der Waals surface area contributed by atoms with E-state index in [1.165, 1.54) is 23.1 Å². The fourth-order valence-corrected chi connectivity index (χ4v) is 3.42. The smallest absolute Gasteiger partial charge is 0.278 e. The molecule has 0 unspecified atom stereocenters. The molecule has 1 aliphatic rings. The number of nitrogens with one attached hydrogen (secondary N) is 1. The van der Waals surface area contributed by atoms with Crippen molar-refractivity contribution in [2.24, 2.45) is 0 Å². The van der Waals surface area contributed by atoms with Gasteiger partial charge in [-0.15, -0.1) is 0 Å². The molecule has 1 aromatic heterocycles. The van der Waals surface area contributed by atoms with Crippen molar-refractivity contribution in [1.82, 2.24) is 9.88 Å². The summed E-state index contributed by atoms with van der Waals surface area (Å²) in [5, 5.41) is 2.96. The van der Waals surface area contributed by atoms with Gasteiger partial charge in [0.15, 0.2) is 0 Å². The zero-order chi connectivity index (χ0) is 22.5. The van der Waals surface area contributed by atoms with Gasteiger partial charge in [-0.3, -0.25) is 19.5 Å². The van der Waals surface area contributed by atoms with Crippen molar-refractivity contribution in [3.63, 3.8) is 0 Å². The number of pyridine rings is 1. The van der Waals surface area contributed by atoms with Crippen LogP contribution in [0.1, 0.15) is 24.5 Å². The lowest BCUT2D eigenvalue weighted by atomic mass is 10.0. The highest BCUT2D eigenvalue weighted by atomic mass is 19.1. The first-order valence-electron chi connectivity index (χ1n) is 10.3. The van der Waals surface area contributed by atoms with Gasteiger partial charge >= 0.3 is 0 Å². The molecule has 0 fully saturated rings. The van der Waals surface area contributed by atoms with Crippen LogP contribution in [0.25, 0.3) is 5.57 Å². The third kappa shape index (κ3) is 4.51. The van der Waals surface area contributed by atoms with Crippen molar-refractivity contribution in [2.45, 2.75) is 19.9 Å². The number of hydrogen-bond donors (Lipinski definition) is 1. The Morgan fingerprint density at radius 3 is 2.44 bits per heavy atom. The van der Waals surface area contributed by atoms with E-state index in [0.717, 1.165) is 12.0 Å². The van der Waals surface area contributed by atoms with E-state index < -0.39 is 17.6 Å². The van der Waals surface area contributed by atoms with Gasteiger partial charge in [-0.1, -0.05) is 25.1 Å². The molecule has 1 N–H and O–H groups in total. The van der Waals surface area contributed by atoms with Crippen LogP contribution in [0.4, 0.5) is 10.1 Å². The van der Waals surface area contributed by atoms with E-state index in [1.807, 2.05) is 6.92 Å². The Morgan fingerprint density at radius 2 is 1.75 bits per heavy atom. The third-order valence-corrected chi connectivity index (χ3v) is 4.97. The number of rotatable bonds is 8. The van der Waals surface area contributed by atoms with Gasteiger partial charge in [0.1, 0.15) is 17.3 Å². The molecule has 2 aromatic carbocycles. The highest BCUT2D eigenvalue weighted by Crippen LogP contribution is 2.32. The van der Waals surface area contributed by atoms with Gasteiger partial charge < -0.3 is 10.1 Å². The maximum Gasteiger partial charge on any atom is 0.278 e. The second-order valence-corrected chi connectivity index (χ2v) is 7.31. The zero-order valence-electron chi connectivity index (χ0n) is 17.5. The van der Waals surface area contributed by atoms with Gasteiger partial charge in [-0.25, -0.2) is 4.39 Å². The first-order chi connectivity index (χ1) is 15.6. The predicted octanol–water partition coefficient (Wildman–Crippen LogP) is 4.40. The molecule has 7 heteroatoms. The minimum Gasteiger partial charge on any atom is -0.494 e. The Labute approximate surface area is 185 Å². The monoisotopic (exact) mass is 431 g/mol. The maximum atomic E-state index is 13.7.